The maximum absolute atomic E-state index is 11.1. The molecule has 1 unspecified atom stereocenters. The highest BCUT2D eigenvalue weighted by molar-refractivity contribution is 8.01. The van der Waals surface area contributed by atoms with E-state index in [0.29, 0.717) is 4.91 Å². The zero-order chi connectivity index (χ0) is 9.07. The lowest BCUT2D eigenvalue weighted by Crippen LogP contribution is -2.11. The van der Waals surface area contributed by atoms with Crippen molar-refractivity contribution in [3.05, 3.63) is 22.6 Å². The minimum Gasteiger partial charge on any atom is -0.256 e. The number of rotatable bonds is 2. The summed E-state index contributed by atoms with van der Waals surface area (Å²) in [6.45, 7) is 5.64. The van der Waals surface area contributed by atoms with Gasteiger partial charge in [-0.1, -0.05) is 11.6 Å². The van der Waals surface area contributed by atoms with Crippen LogP contribution in [0, 0.1) is 0 Å². The zero-order valence-electron chi connectivity index (χ0n) is 7.26. The van der Waals surface area contributed by atoms with Gasteiger partial charge in [0, 0.05) is 14.6 Å². The molecule has 1 atom stereocenters. The van der Waals surface area contributed by atoms with Gasteiger partial charge in [-0.25, -0.2) is 4.21 Å². The highest BCUT2D eigenvalue weighted by Crippen LogP contribution is 2.01. The van der Waals surface area contributed by atoms with E-state index in [0.717, 1.165) is 5.57 Å². The predicted octanol–water partition coefficient (Wildman–Crippen LogP) is 1.45. The van der Waals surface area contributed by atoms with Gasteiger partial charge in [-0.15, -0.1) is 0 Å². The molecule has 0 aliphatic carbocycles. The summed E-state index contributed by atoms with van der Waals surface area (Å²) in [5.74, 6) is 3.36. The third kappa shape index (κ3) is 4.81. The molecule has 64 valence electrons. The van der Waals surface area contributed by atoms with E-state index >= 15 is 0 Å². The summed E-state index contributed by atoms with van der Waals surface area (Å²) in [4.78, 5) is 0.624. The Morgan fingerprint density at radius 3 is 2.09 bits per heavy atom. The molecule has 0 aromatic heterocycles. The Morgan fingerprint density at radius 1 is 1.36 bits per heavy atom. The van der Waals surface area contributed by atoms with Crippen molar-refractivity contribution < 1.29 is 4.21 Å². The van der Waals surface area contributed by atoms with Crippen molar-refractivity contribution in [2.75, 3.05) is 0 Å². The minimum atomic E-state index is -2.48. The second kappa shape index (κ2) is 3.74. The van der Waals surface area contributed by atoms with Crippen molar-refractivity contribution in [2.24, 2.45) is 5.14 Å². The highest BCUT2D eigenvalue weighted by Gasteiger charge is 1.95. The summed E-state index contributed by atoms with van der Waals surface area (Å²) in [5.41, 5.74) is 1.15. The molecule has 0 aromatic carbocycles. The Bertz CT molecular complexity index is 279. The van der Waals surface area contributed by atoms with Crippen molar-refractivity contribution in [1.29, 1.82) is 0 Å². The van der Waals surface area contributed by atoms with E-state index < -0.39 is 9.71 Å². The molecular formula is C8H15NOS. The molecule has 0 amide bonds. The summed E-state index contributed by atoms with van der Waals surface area (Å²) >= 11 is 0. The average molecular weight is 173 g/mol. The van der Waals surface area contributed by atoms with Crippen LogP contribution in [-0.2, 0) is 9.71 Å². The fourth-order valence-electron chi connectivity index (χ4n) is 0.399. The molecule has 0 aromatic rings. The first-order chi connectivity index (χ1) is 4.84. The van der Waals surface area contributed by atoms with Crippen LogP contribution in [0.15, 0.2) is 22.6 Å². The fourth-order valence-corrected chi connectivity index (χ4v) is 0.698. The SMILES string of the molecule is C=S(N)(=O)/C(C)=C/C=C(C)C. The van der Waals surface area contributed by atoms with Crippen LogP contribution >= 0.6 is 0 Å². The Hall–Kier alpha value is -0.540. The van der Waals surface area contributed by atoms with E-state index in [9.17, 15) is 4.21 Å². The molecule has 3 heteroatoms. The normalized spacial score (nSPS) is 17.3. The molecule has 0 aliphatic heterocycles. The number of hydrogen-bond donors (Lipinski definition) is 1. The van der Waals surface area contributed by atoms with Gasteiger partial charge in [0.15, 0.2) is 0 Å². The average Bonchev–Trinajstić information content (AvgIpc) is 1.80. The summed E-state index contributed by atoms with van der Waals surface area (Å²) in [5, 5.41) is 5.28. The first-order valence-electron chi connectivity index (χ1n) is 3.31. The number of allylic oxidation sites excluding steroid dienone is 4. The van der Waals surface area contributed by atoms with E-state index in [4.69, 9.17) is 5.14 Å². The molecule has 2 nitrogen and oxygen atoms in total. The van der Waals surface area contributed by atoms with Crippen LogP contribution in [0.1, 0.15) is 20.8 Å². The van der Waals surface area contributed by atoms with Crippen LogP contribution in [0.5, 0.6) is 0 Å². The van der Waals surface area contributed by atoms with E-state index in [2.05, 4.69) is 5.87 Å². The lowest BCUT2D eigenvalue weighted by molar-refractivity contribution is 0.686. The smallest absolute Gasteiger partial charge is 0.0466 e. The van der Waals surface area contributed by atoms with Gasteiger partial charge in [-0.2, -0.15) is 0 Å². The summed E-state index contributed by atoms with van der Waals surface area (Å²) < 4.78 is 11.1. The van der Waals surface area contributed by atoms with Crippen LogP contribution in [0.2, 0.25) is 0 Å². The lowest BCUT2D eigenvalue weighted by atomic mass is 10.3. The second-order valence-corrected chi connectivity index (χ2v) is 4.84. The van der Waals surface area contributed by atoms with Gasteiger partial charge in [0.2, 0.25) is 0 Å². The van der Waals surface area contributed by atoms with Gasteiger partial charge < -0.3 is 0 Å². The van der Waals surface area contributed by atoms with Crippen LogP contribution in [0.4, 0.5) is 0 Å². The first kappa shape index (κ1) is 10.5. The molecule has 0 radical (unpaired) electrons. The van der Waals surface area contributed by atoms with Crippen molar-refractivity contribution >= 4 is 15.6 Å². The van der Waals surface area contributed by atoms with Crippen LogP contribution < -0.4 is 5.14 Å². The minimum absolute atomic E-state index is 0.624. The van der Waals surface area contributed by atoms with E-state index in [1.165, 1.54) is 0 Å². The topological polar surface area (TPSA) is 43.1 Å². The van der Waals surface area contributed by atoms with Crippen molar-refractivity contribution in [3.8, 4) is 0 Å². The highest BCUT2D eigenvalue weighted by atomic mass is 32.2. The maximum Gasteiger partial charge on any atom is 0.0466 e. The molecule has 2 N–H and O–H groups in total. The van der Waals surface area contributed by atoms with Crippen molar-refractivity contribution in [1.82, 2.24) is 0 Å². The number of hydrogen-bond acceptors (Lipinski definition) is 1. The third-order valence-electron chi connectivity index (χ3n) is 1.20. The molecular weight excluding hydrogens is 158 g/mol. The van der Waals surface area contributed by atoms with E-state index in [1.54, 1.807) is 13.0 Å². The van der Waals surface area contributed by atoms with Gasteiger partial charge in [0.25, 0.3) is 0 Å². The zero-order valence-corrected chi connectivity index (χ0v) is 8.07. The monoisotopic (exact) mass is 173 g/mol. The standard InChI is InChI=1S/C8H15NOS/c1-7(2)5-6-8(3)11(4,9)10/h5-6H,4H2,1-3H3,(H2,9,10)/b8-6+. The largest absolute Gasteiger partial charge is 0.256 e. The Morgan fingerprint density at radius 2 is 1.82 bits per heavy atom. The third-order valence-corrected chi connectivity index (χ3v) is 2.42. The Kier molecular flexibility index (Phi) is 3.55. The van der Waals surface area contributed by atoms with Crippen LogP contribution in [-0.4, -0.2) is 10.1 Å². The second-order valence-electron chi connectivity index (χ2n) is 2.75. The number of nitrogens with two attached hydrogens (primary N) is 1. The van der Waals surface area contributed by atoms with Gasteiger partial charge in [0.05, 0.1) is 0 Å². The molecule has 0 rings (SSSR count). The van der Waals surface area contributed by atoms with Crippen molar-refractivity contribution in [3.63, 3.8) is 0 Å². The van der Waals surface area contributed by atoms with E-state index in [1.807, 2.05) is 19.9 Å². The Balaban J connectivity index is 4.64. The molecule has 0 saturated carbocycles. The van der Waals surface area contributed by atoms with Gasteiger partial charge in [-0.3, -0.25) is 5.14 Å². The lowest BCUT2D eigenvalue weighted by Gasteiger charge is -1.99. The van der Waals surface area contributed by atoms with Gasteiger partial charge in [0.1, 0.15) is 0 Å². The molecule has 11 heavy (non-hydrogen) atoms. The summed E-state index contributed by atoms with van der Waals surface area (Å²) in [6.07, 6.45) is 3.61. The first-order valence-corrected chi connectivity index (χ1v) is 5.10. The fraction of sp³-hybridized carbons (Fsp3) is 0.375. The molecule has 0 aliphatic rings. The van der Waals surface area contributed by atoms with Crippen LogP contribution in [0.25, 0.3) is 0 Å². The van der Waals surface area contributed by atoms with Gasteiger partial charge >= 0.3 is 0 Å². The summed E-state index contributed by atoms with van der Waals surface area (Å²) in [6, 6.07) is 0. The predicted molar refractivity (Wildman–Crippen MR) is 52.6 cm³/mol. The van der Waals surface area contributed by atoms with Gasteiger partial charge in [-0.05, 0) is 32.7 Å². The Labute approximate surface area is 68.9 Å². The van der Waals surface area contributed by atoms with Crippen LogP contribution in [0.3, 0.4) is 0 Å². The molecule has 0 spiro atoms. The molecule has 0 saturated heterocycles. The quantitative estimate of drug-likeness (QED) is 0.498. The maximum atomic E-state index is 11.1. The van der Waals surface area contributed by atoms with Crippen molar-refractivity contribution in [2.45, 2.75) is 20.8 Å². The molecule has 0 heterocycles. The molecule has 0 bridgehead atoms. The summed E-state index contributed by atoms with van der Waals surface area (Å²) in [7, 11) is -2.48. The van der Waals surface area contributed by atoms with E-state index in [-0.39, 0.29) is 0 Å². The molecule has 0 fully saturated rings.